The number of nitrogens with zero attached hydrogens (tertiary/aromatic N) is 2. The third kappa shape index (κ3) is 5.62. The van der Waals surface area contributed by atoms with Crippen LogP contribution in [0.4, 0.5) is 0 Å². The summed E-state index contributed by atoms with van der Waals surface area (Å²) < 4.78 is 16.4. The summed E-state index contributed by atoms with van der Waals surface area (Å²) in [6, 6.07) is 13.5. The van der Waals surface area contributed by atoms with Crippen LogP contribution in [0.3, 0.4) is 0 Å². The van der Waals surface area contributed by atoms with Gasteiger partial charge in [-0.15, -0.1) is 0 Å². The molecule has 0 aromatic heterocycles. The van der Waals surface area contributed by atoms with E-state index >= 15 is 0 Å². The number of ether oxygens (including phenoxy) is 3. The van der Waals surface area contributed by atoms with Gasteiger partial charge in [-0.2, -0.15) is 5.26 Å². The third-order valence-corrected chi connectivity index (χ3v) is 4.74. The Morgan fingerprint density at radius 2 is 1.87 bits per heavy atom. The van der Waals surface area contributed by atoms with Crippen LogP contribution in [0.5, 0.6) is 11.5 Å². The number of nitriles is 1. The number of amides is 1. The Hall–Kier alpha value is -3.83. The SMILES string of the molecule is COc1cc(C=C(C#N)C(=O)N2CCOCC2)ccc1OCc1ccc(C(=O)O)cc1. The second kappa shape index (κ2) is 10.3. The van der Waals surface area contributed by atoms with Crippen LogP contribution < -0.4 is 9.47 Å². The molecule has 31 heavy (non-hydrogen) atoms. The Bertz CT molecular complexity index is 1020. The molecule has 1 aliphatic heterocycles. The van der Waals surface area contributed by atoms with Crippen LogP contribution in [0.25, 0.3) is 6.08 Å². The van der Waals surface area contributed by atoms with Gasteiger partial charge < -0.3 is 24.2 Å². The molecule has 0 spiro atoms. The van der Waals surface area contributed by atoms with Gasteiger partial charge in [0.25, 0.3) is 5.91 Å². The number of rotatable bonds is 7. The number of benzene rings is 2. The molecule has 0 aliphatic carbocycles. The smallest absolute Gasteiger partial charge is 0.335 e. The predicted octanol–water partition coefficient (Wildman–Crippen LogP) is 2.74. The van der Waals surface area contributed by atoms with Gasteiger partial charge >= 0.3 is 5.97 Å². The van der Waals surface area contributed by atoms with Crippen molar-refractivity contribution in [2.24, 2.45) is 0 Å². The molecular weight excluding hydrogens is 400 g/mol. The maximum Gasteiger partial charge on any atom is 0.335 e. The standard InChI is InChI=1S/C23H22N2O6/c1-29-21-13-17(12-19(14-24)22(26)25-8-10-30-11-9-25)4-7-20(21)31-15-16-2-5-18(6-3-16)23(27)28/h2-7,12-13H,8-11,15H2,1H3,(H,27,28). The van der Waals surface area contributed by atoms with E-state index in [1.165, 1.54) is 25.3 Å². The number of carbonyl (C=O) groups is 2. The van der Waals surface area contributed by atoms with E-state index in [2.05, 4.69) is 0 Å². The number of carbonyl (C=O) groups excluding carboxylic acids is 1. The van der Waals surface area contributed by atoms with Crippen molar-refractivity contribution in [3.05, 3.63) is 64.7 Å². The fraction of sp³-hybridized carbons (Fsp3) is 0.261. The van der Waals surface area contributed by atoms with Gasteiger partial charge in [0.1, 0.15) is 18.2 Å². The fourth-order valence-corrected chi connectivity index (χ4v) is 3.04. The number of methoxy groups -OCH3 is 1. The summed E-state index contributed by atoms with van der Waals surface area (Å²) in [5.41, 5.74) is 1.68. The van der Waals surface area contributed by atoms with Crippen LogP contribution >= 0.6 is 0 Å². The molecule has 1 heterocycles. The minimum Gasteiger partial charge on any atom is -0.493 e. The highest BCUT2D eigenvalue weighted by atomic mass is 16.5. The Morgan fingerprint density at radius 3 is 2.48 bits per heavy atom. The van der Waals surface area contributed by atoms with Gasteiger partial charge in [-0.1, -0.05) is 18.2 Å². The molecule has 0 unspecified atom stereocenters. The van der Waals surface area contributed by atoms with E-state index in [-0.39, 0.29) is 23.7 Å². The van der Waals surface area contributed by atoms with Crippen molar-refractivity contribution < 1.29 is 28.9 Å². The number of hydrogen-bond donors (Lipinski definition) is 1. The number of hydrogen-bond acceptors (Lipinski definition) is 6. The van der Waals surface area contributed by atoms with Crippen LogP contribution in [0.15, 0.2) is 48.0 Å². The molecule has 8 heteroatoms. The van der Waals surface area contributed by atoms with Gasteiger partial charge in [-0.05, 0) is 41.5 Å². The summed E-state index contributed by atoms with van der Waals surface area (Å²) in [5, 5.41) is 18.4. The summed E-state index contributed by atoms with van der Waals surface area (Å²) in [5.74, 6) is -0.372. The normalized spacial score (nSPS) is 13.9. The molecule has 8 nitrogen and oxygen atoms in total. The second-order valence-corrected chi connectivity index (χ2v) is 6.78. The lowest BCUT2D eigenvalue weighted by molar-refractivity contribution is -0.130. The fourth-order valence-electron chi connectivity index (χ4n) is 3.04. The topological polar surface area (TPSA) is 109 Å². The molecule has 160 valence electrons. The molecule has 1 amide bonds. The van der Waals surface area contributed by atoms with Crippen LogP contribution in [0.1, 0.15) is 21.5 Å². The Morgan fingerprint density at radius 1 is 1.16 bits per heavy atom. The van der Waals surface area contributed by atoms with Crippen molar-refractivity contribution in [1.82, 2.24) is 4.90 Å². The van der Waals surface area contributed by atoms with E-state index in [9.17, 15) is 14.9 Å². The molecule has 0 atom stereocenters. The van der Waals surface area contributed by atoms with Crippen molar-refractivity contribution in [2.75, 3.05) is 33.4 Å². The number of morpholine rings is 1. The van der Waals surface area contributed by atoms with Gasteiger partial charge in [-0.3, -0.25) is 4.79 Å². The van der Waals surface area contributed by atoms with E-state index in [0.29, 0.717) is 43.4 Å². The number of carboxylic acids is 1. The molecule has 2 aromatic rings. The van der Waals surface area contributed by atoms with E-state index in [4.69, 9.17) is 19.3 Å². The molecule has 0 bridgehead atoms. The molecule has 1 N–H and O–H groups in total. The zero-order chi connectivity index (χ0) is 22.2. The quantitative estimate of drug-likeness (QED) is 0.540. The zero-order valence-electron chi connectivity index (χ0n) is 17.0. The highest BCUT2D eigenvalue weighted by Crippen LogP contribution is 2.30. The van der Waals surface area contributed by atoms with Crippen LogP contribution in [-0.2, 0) is 16.1 Å². The molecule has 0 saturated carbocycles. The van der Waals surface area contributed by atoms with Crippen LogP contribution in [0.2, 0.25) is 0 Å². The zero-order valence-corrected chi connectivity index (χ0v) is 17.0. The lowest BCUT2D eigenvalue weighted by Crippen LogP contribution is -2.41. The summed E-state index contributed by atoms with van der Waals surface area (Å²) in [6.07, 6.45) is 1.52. The Kier molecular flexibility index (Phi) is 7.25. The summed E-state index contributed by atoms with van der Waals surface area (Å²) in [4.78, 5) is 25.1. The van der Waals surface area contributed by atoms with E-state index in [1.54, 1.807) is 35.2 Å². The first-order valence-corrected chi connectivity index (χ1v) is 9.63. The maximum atomic E-state index is 12.6. The molecule has 3 rings (SSSR count). The number of aromatic carboxylic acids is 1. The minimum absolute atomic E-state index is 0.0381. The Labute approximate surface area is 179 Å². The molecule has 0 radical (unpaired) electrons. The van der Waals surface area contributed by atoms with E-state index < -0.39 is 5.97 Å². The van der Waals surface area contributed by atoms with E-state index in [1.807, 2.05) is 6.07 Å². The first-order valence-electron chi connectivity index (χ1n) is 9.63. The molecule has 1 aliphatic rings. The van der Waals surface area contributed by atoms with Crippen molar-refractivity contribution >= 4 is 18.0 Å². The van der Waals surface area contributed by atoms with Crippen molar-refractivity contribution in [1.29, 1.82) is 5.26 Å². The number of carboxylic acid groups (broad SMARTS) is 1. The van der Waals surface area contributed by atoms with Crippen molar-refractivity contribution in [3.8, 4) is 17.6 Å². The lowest BCUT2D eigenvalue weighted by atomic mass is 10.1. The maximum absolute atomic E-state index is 12.6. The molecule has 2 aromatic carbocycles. The van der Waals surface area contributed by atoms with E-state index in [0.717, 1.165) is 5.56 Å². The van der Waals surface area contributed by atoms with Gasteiger partial charge in [-0.25, -0.2) is 4.79 Å². The predicted molar refractivity (Wildman–Crippen MR) is 112 cm³/mol. The van der Waals surface area contributed by atoms with Gasteiger partial charge in [0.2, 0.25) is 0 Å². The average Bonchev–Trinajstić information content (AvgIpc) is 2.81. The molecular formula is C23H22N2O6. The summed E-state index contributed by atoms with van der Waals surface area (Å²) >= 11 is 0. The first kappa shape index (κ1) is 21.9. The largest absolute Gasteiger partial charge is 0.493 e. The Balaban J connectivity index is 1.72. The monoisotopic (exact) mass is 422 g/mol. The third-order valence-electron chi connectivity index (χ3n) is 4.74. The average molecular weight is 422 g/mol. The van der Waals surface area contributed by atoms with Crippen molar-refractivity contribution in [3.63, 3.8) is 0 Å². The minimum atomic E-state index is -0.985. The molecule has 1 saturated heterocycles. The van der Waals surface area contributed by atoms with Crippen LogP contribution in [-0.4, -0.2) is 55.3 Å². The highest BCUT2D eigenvalue weighted by Gasteiger charge is 2.20. The van der Waals surface area contributed by atoms with Gasteiger partial charge in [0, 0.05) is 13.1 Å². The molecule has 1 fully saturated rings. The highest BCUT2D eigenvalue weighted by molar-refractivity contribution is 6.01. The summed E-state index contributed by atoms with van der Waals surface area (Å²) in [6.45, 7) is 2.07. The first-order chi connectivity index (χ1) is 15.0. The lowest BCUT2D eigenvalue weighted by Gasteiger charge is -2.26. The van der Waals surface area contributed by atoms with Gasteiger partial charge in [0.15, 0.2) is 11.5 Å². The second-order valence-electron chi connectivity index (χ2n) is 6.78. The van der Waals surface area contributed by atoms with Crippen LogP contribution in [0, 0.1) is 11.3 Å². The van der Waals surface area contributed by atoms with Gasteiger partial charge in [0.05, 0.1) is 25.9 Å². The van der Waals surface area contributed by atoms with Crippen molar-refractivity contribution in [2.45, 2.75) is 6.61 Å². The summed E-state index contributed by atoms with van der Waals surface area (Å²) in [7, 11) is 1.50.